The molecule has 0 radical (unpaired) electrons. The van der Waals surface area contributed by atoms with Crippen molar-refractivity contribution in [1.29, 1.82) is 0 Å². The highest BCUT2D eigenvalue weighted by Crippen LogP contribution is 2.18. The first kappa shape index (κ1) is 18.8. The third-order valence-corrected chi connectivity index (χ3v) is 3.75. The van der Waals surface area contributed by atoms with Gasteiger partial charge in [-0.2, -0.15) is 0 Å². The van der Waals surface area contributed by atoms with E-state index in [1.165, 1.54) is 6.92 Å². The molecule has 6 heteroatoms. The SMILES string of the molecule is CC(=O)OCN(CCNCc1ccccc1O)Cc1ccccc1O. The summed E-state index contributed by atoms with van der Waals surface area (Å²) >= 11 is 0. The van der Waals surface area contributed by atoms with Gasteiger partial charge in [-0.1, -0.05) is 36.4 Å². The molecule has 0 fully saturated rings. The Balaban J connectivity index is 1.86. The van der Waals surface area contributed by atoms with Crippen molar-refractivity contribution >= 4 is 5.97 Å². The van der Waals surface area contributed by atoms with E-state index in [0.717, 1.165) is 11.1 Å². The van der Waals surface area contributed by atoms with Gasteiger partial charge in [0.2, 0.25) is 0 Å². The molecule has 2 rings (SSSR count). The summed E-state index contributed by atoms with van der Waals surface area (Å²) in [7, 11) is 0. The number of nitrogens with one attached hydrogen (secondary N) is 1. The fourth-order valence-electron chi connectivity index (χ4n) is 2.38. The van der Waals surface area contributed by atoms with Gasteiger partial charge in [-0.05, 0) is 12.1 Å². The number of para-hydroxylation sites is 2. The molecule has 0 saturated carbocycles. The van der Waals surface area contributed by atoms with E-state index < -0.39 is 0 Å². The van der Waals surface area contributed by atoms with E-state index in [2.05, 4.69) is 5.32 Å². The number of rotatable bonds is 9. The number of hydrogen-bond donors (Lipinski definition) is 3. The molecule has 0 atom stereocenters. The number of carbonyl (C=O) groups excluding carboxylic acids is 1. The molecule has 0 aliphatic carbocycles. The van der Waals surface area contributed by atoms with Crippen molar-refractivity contribution in [1.82, 2.24) is 10.2 Å². The van der Waals surface area contributed by atoms with Crippen molar-refractivity contribution in [3.8, 4) is 11.5 Å². The lowest BCUT2D eigenvalue weighted by Gasteiger charge is -2.22. The lowest BCUT2D eigenvalue weighted by molar-refractivity contribution is -0.146. The predicted octanol–water partition coefficient (Wildman–Crippen LogP) is 2.21. The van der Waals surface area contributed by atoms with Gasteiger partial charge in [-0.3, -0.25) is 9.69 Å². The van der Waals surface area contributed by atoms with Crippen LogP contribution in [-0.2, 0) is 22.6 Å². The Bertz CT molecular complexity index is 691. The summed E-state index contributed by atoms with van der Waals surface area (Å²) in [6.07, 6.45) is 0. The van der Waals surface area contributed by atoms with Crippen molar-refractivity contribution in [2.45, 2.75) is 20.0 Å². The van der Waals surface area contributed by atoms with Gasteiger partial charge in [0.15, 0.2) is 0 Å². The minimum absolute atomic E-state index is 0.155. The molecular formula is C19H24N2O4. The first-order valence-corrected chi connectivity index (χ1v) is 8.16. The molecular weight excluding hydrogens is 320 g/mol. The third kappa shape index (κ3) is 6.45. The maximum Gasteiger partial charge on any atom is 0.303 e. The van der Waals surface area contributed by atoms with Gasteiger partial charge in [0.25, 0.3) is 0 Å². The molecule has 3 N–H and O–H groups in total. The normalized spacial score (nSPS) is 10.8. The summed E-state index contributed by atoms with van der Waals surface area (Å²) < 4.78 is 5.09. The van der Waals surface area contributed by atoms with Crippen LogP contribution >= 0.6 is 0 Å². The van der Waals surface area contributed by atoms with Gasteiger partial charge >= 0.3 is 5.97 Å². The van der Waals surface area contributed by atoms with Crippen LogP contribution < -0.4 is 5.32 Å². The lowest BCUT2D eigenvalue weighted by atomic mass is 10.2. The van der Waals surface area contributed by atoms with Crippen molar-refractivity contribution in [3.05, 3.63) is 59.7 Å². The van der Waals surface area contributed by atoms with E-state index in [0.29, 0.717) is 26.2 Å². The van der Waals surface area contributed by atoms with E-state index in [-0.39, 0.29) is 24.2 Å². The van der Waals surface area contributed by atoms with Crippen LogP contribution in [-0.4, -0.2) is 40.9 Å². The average molecular weight is 344 g/mol. The third-order valence-electron chi connectivity index (χ3n) is 3.75. The highest BCUT2D eigenvalue weighted by molar-refractivity contribution is 5.65. The molecule has 6 nitrogen and oxygen atoms in total. The summed E-state index contributed by atoms with van der Waals surface area (Å²) in [5, 5.41) is 22.9. The highest BCUT2D eigenvalue weighted by Gasteiger charge is 2.10. The predicted molar refractivity (Wildman–Crippen MR) is 95.0 cm³/mol. The monoisotopic (exact) mass is 344 g/mol. The molecule has 0 aromatic heterocycles. The molecule has 0 bridgehead atoms. The second-order valence-corrected chi connectivity index (χ2v) is 5.75. The molecule has 25 heavy (non-hydrogen) atoms. The topological polar surface area (TPSA) is 82.0 Å². The molecule has 0 aliphatic rings. The van der Waals surface area contributed by atoms with Gasteiger partial charge in [-0.15, -0.1) is 0 Å². The molecule has 0 spiro atoms. The number of esters is 1. The molecule has 0 unspecified atom stereocenters. The number of nitrogens with zero attached hydrogens (tertiary/aromatic N) is 1. The number of aromatic hydroxyl groups is 2. The summed E-state index contributed by atoms with van der Waals surface area (Å²) in [4.78, 5) is 13.0. The van der Waals surface area contributed by atoms with E-state index >= 15 is 0 Å². The Hall–Kier alpha value is -2.57. The van der Waals surface area contributed by atoms with E-state index in [4.69, 9.17) is 4.74 Å². The number of phenolic OH excluding ortho intramolecular Hbond substituents is 2. The highest BCUT2D eigenvalue weighted by atomic mass is 16.5. The standard InChI is InChI=1S/C19H24N2O4/c1-15(22)25-14-21(13-17-7-3-5-9-19(17)24)11-10-20-12-16-6-2-4-8-18(16)23/h2-9,20,23-24H,10-14H2,1H3. The first-order valence-electron chi connectivity index (χ1n) is 8.16. The zero-order valence-corrected chi connectivity index (χ0v) is 14.3. The van der Waals surface area contributed by atoms with Crippen molar-refractivity contribution in [3.63, 3.8) is 0 Å². The molecule has 0 heterocycles. The maximum atomic E-state index is 11.1. The Morgan fingerprint density at radius 1 is 1.04 bits per heavy atom. The summed E-state index contributed by atoms with van der Waals surface area (Å²) in [5.41, 5.74) is 1.60. The number of ether oxygens (including phenoxy) is 1. The number of benzene rings is 2. The van der Waals surface area contributed by atoms with Gasteiger partial charge in [0.1, 0.15) is 18.2 Å². The largest absolute Gasteiger partial charge is 0.508 e. The van der Waals surface area contributed by atoms with Crippen LogP contribution in [0.3, 0.4) is 0 Å². The fourth-order valence-corrected chi connectivity index (χ4v) is 2.38. The van der Waals surface area contributed by atoms with Crippen LogP contribution in [0, 0.1) is 0 Å². The van der Waals surface area contributed by atoms with Crippen molar-refractivity contribution in [2.75, 3.05) is 19.8 Å². The van der Waals surface area contributed by atoms with Gasteiger partial charge in [-0.25, -0.2) is 0 Å². The van der Waals surface area contributed by atoms with E-state index in [1.807, 2.05) is 29.2 Å². The zero-order valence-electron chi connectivity index (χ0n) is 14.3. The van der Waals surface area contributed by atoms with Crippen LogP contribution in [0.15, 0.2) is 48.5 Å². The molecule has 2 aromatic carbocycles. The first-order chi connectivity index (χ1) is 12.1. The molecule has 134 valence electrons. The quantitative estimate of drug-likeness (QED) is 0.368. The molecule has 0 saturated heterocycles. The van der Waals surface area contributed by atoms with Gasteiger partial charge in [0, 0.05) is 44.2 Å². The average Bonchev–Trinajstić information content (AvgIpc) is 2.59. The number of phenols is 2. The van der Waals surface area contributed by atoms with Crippen molar-refractivity contribution < 1.29 is 19.7 Å². The van der Waals surface area contributed by atoms with Crippen LogP contribution in [0.4, 0.5) is 0 Å². The number of carbonyl (C=O) groups is 1. The van der Waals surface area contributed by atoms with Crippen LogP contribution in [0.25, 0.3) is 0 Å². The zero-order chi connectivity index (χ0) is 18.1. The summed E-state index contributed by atoms with van der Waals surface area (Å²) in [5.74, 6) is 0.142. The maximum absolute atomic E-state index is 11.1. The molecule has 2 aromatic rings. The van der Waals surface area contributed by atoms with Crippen LogP contribution in [0.1, 0.15) is 18.1 Å². The Morgan fingerprint density at radius 2 is 1.64 bits per heavy atom. The summed E-state index contributed by atoms with van der Waals surface area (Å²) in [6.45, 7) is 3.80. The second-order valence-electron chi connectivity index (χ2n) is 5.75. The summed E-state index contributed by atoms with van der Waals surface area (Å²) in [6, 6.07) is 14.3. The van der Waals surface area contributed by atoms with E-state index in [9.17, 15) is 15.0 Å². The van der Waals surface area contributed by atoms with Crippen molar-refractivity contribution in [2.24, 2.45) is 0 Å². The fraction of sp³-hybridized carbons (Fsp3) is 0.316. The van der Waals surface area contributed by atoms with Crippen LogP contribution in [0.5, 0.6) is 11.5 Å². The van der Waals surface area contributed by atoms with E-state index in [1.54, 1.807) is 24.3 Å². The van der Waals surface area contributed by atoms with Crippen LogP contribution in [0.2, 0.25) is 0 Å². The smallest absolute Gasteiger partial charge is 0.303 e. The Labute approximate surface area is 147 Å². The molecule has 0 aliphatic heterocycles. The Kier molecular flexibility index (Phi) is 7.25. The minimum atomic E-state index is -0.343. The Morgan fingerprint density at radius 3 is 2.24 bits per heavy atom. The number of hydrogen-bond acceptors (Lipinski definition) is 6. The lowest BCUT2D eigenvalue weighted by Crippen LogP contribution is -2.34. The van der Waals surface area contributed by atoms with Gasteiger partial charge in [0.05, 0.1) is 0 Å². The second kappa shape index (κ2) is 9.66. The minimum Gasteiger partial charge on any atom is -0.508 e. The van der Waals surface area contributed by atoms with Gasteiger partial charge < -0.3 is 20.3 Å². The molecule has 0 amide bonds.